The first kappa shape index (κ1) is 16.5. The lowest BCUT2D eigenvalue weighted by Crippen LogP contribution is -2.20. The molecule has 1 aromatic carbocycles. The minimum atomic E-state index is -4.53. The van der Waals surface area contributed by atoms with E-state index in [0.717, 1.165) is 12.3 Å². The number of alkyl halides is 3. The van der Waals surface area contributed by atoms with Crippen LogP contribution in [0.25, 0.3) is 0 Å². The molecule has 0 fully saturated rings. The molecule has 0 aromatic heterocycles. The van der Waals surface area contributed by atoms with Crippen LogP contribution in [0.15, 0.2) is 22.7 Å². The highest BCUT2D eigenvalue weighted by molar-refractivity contribution is 9.10. The third-order valence-corrected chi connectivity index (χ3v) is 3.99. The van der Waals surface area contributed by atoms with Crippen molar-refractivity contribution in [1.82, 2.24) is 0 Å². The first-order chi connectivity index (χ1) is 8.50. The smallest absolute Gasteiger partial charge is 0.324 e. The van der Waals surface area contributed by atoms with E-state index in [-0.39, 0.29) is 17.7 Å². The van der Waals surface area contributed by atoms with E-state index >= 15 is 0 Å². The number of rotatable bonds is 4. The molecule has 0 radical (unpaired) electrons. The molecule has 1 aromatic rings. The van der Waals surface area contributed by atoms with Crippen molar-refractivity contribution in [2.75, 3.05) is 12.0 Å². The molecule has 3 nitrogen and oxygen atoms in total. The number of halogens is 4. The highest BCUT2D eigenvalue weighted by Gasteiger charge is 2.34. The molecule has 8 heteroatoms. The van der Waals surface area contributed by atoms with Gasteiger partial charge < -0.3 is 5.73 Å². The summed E-state index contributed by atoms with van der Waals surface area (Å²) in [6.07, 6.45) is -3.56. The summed E-state index contributed by atoms with van der Waals surface area (Å²) in [7, 11) is -3.25. The van der Waals surface area contributed by atoms with Crippen LogP contribution in [0.5, 0.6) is 0 Å². The van der Waals surface area contributed by atoms with Gasteiger partial charge in [-0.15, -0.1) is 0 Å². The summed E-state index contributed by atoms with van der Waals surface area (Å²) in [5.74, 6) is -0.248. The molecule has 0 heterocycles. The summed E-state index contributed by atoms with van der Waals surface area (Å²) in [6.45, 7) is 0. The van der Waals surface area contributed by atoms with Gasteiger partial charge in [-0.2, -0.15) is 13.2 Å². The van der Waals surface area contributed by atoms with Gasteiger partial charge in [-0.05, 0) is 24.1 Å². The molecular weight excluding hydrogens is 347 g/mol. The van der Waals surface area contributed by atoms with Crippen molar-refractivity contribution in [3.05, 3.63) is 33.8 Å². The summed E-state index contributed by atoms with van der Waals surface area (Å²) in [5, 5.41) is 0. The lowest BCUT2D eigenvalue weighted by molar-refractivity contribution is -0.138. The highest BCUT2D eigenvalue weighted by Crippen LogP contribution is 2.36. The largest absolute Gasteiger partial charge is 0.416 e. The summed E-state index contributed by atoms with van der Waals surface area (Å²) in [4.78, 5) is 0. The second-order valence-corrected chi connectivity index (χ2v) is 7.43. The minimum Gasteiger partial charge on any atom is -0.324 e. The molecule has 0 bridgehead atoms. The zero-order valence-corrected chi connectivity index (χ0v) is 12.4. The van der Waals surface area contributed by atoms with Gasteiger partial charge in [0.05, 0.1) is 11.3 Å². The van der Waals surface area contributed by atoms with Crippen molar-refractivity contribution >= 4 is 25.8 Å². The van der Waals surface area contributed by atoms with Gasteiger partial charge in [0.25, 0.3) is 0 Å². The van der Waals surface area contributed by atoms with Crippen molar-refractivity contribution in [3.8, 4) is 0 Å². The molecule has 1 unspecified atom stereocenters. The third-order valence-electron chi connectivity index (χ3n) is 2.52. The van der Waals surface area contributed by atoms with Crippen LogP contribution < -0.4 is 5.73 Å². The number of hydrogen-bond acceptors (Lipinski definition) is 3. The fourth-order valence-corrected chi connectivity index (χ4v) is 2.64. The maximum absolute atomic E-state index is 12.9. The molecule has 1 atom stereocenters. The average molecular weight is 360 g/mol. The second kappa shape index (κ2) is 5.80. The van der Waals surface area contributed by atoms with E-state index < -0.39 is 27.6 Å². The monoisotopic (exact) mass is 359 g/mol. The lowest BCUT2D eigenvalue weighted by atomic mass is 9.99. The van der Waals surface area contributed by atoms with Gasteiger partial charge in [-0.1, -0.05) is 22.0 Å². The van der Waals surface area contributed by atoms with Crippen molar-refractivity contribution in [3.63, 3.8) is 0 Å². The van der Waals surface area contributed by atoms with E-state index in [1.165, 1.54) is 12.1 Å². The Morgan fingerprint density at radius 1 is 1.37 bits per heavy atom. The molecule has 0 amide bonds. The van der Waals surface area contributed by atoms with E-state index in [2.05, 4.69) is 15.9 Å². The Labute approximate surface area is 118 Å². The Kier molecular flexibility index (Phi) is 5.02. The maximum Gasteiger partial charge on any atom is 0.416 e. The van der Waals surface area contributed by atoms with Gasteiger partial charge in [-0.3, -0.25) is 0 Å². The van der Waals surface area contributed by atoms with Crippen LogP contribution in [0.1, 0.15) is 23.6 Å². The van der Waals surface area contributed by atoms with Gasteiger partial charge in [-0.25, -0.2) is 8.42 Å². The molecule has 0 saturated heterocycles. The van der Waals surface area contributed by atoms with Gasteiger partial charge in [0.2, 0.25) is 0 Å². The summed E-state index contributed by atoms with van der Waals surface area (Å²) in [5.41, 5.74) is 4.73. The van der Waals surface area contributed by atoms with Crippen LogP contribution in [0.3, 0.4) is 0 Å². The molecule has 0 aliphatic rings. The molecule has 108 valence electrons. The number of nitrogens with two attached hydrogens (primary N) is 1. The SMILES string of the molecule is CS(=O)(=O)CCC(N)c1ccc(Br)cc1C(F)(F)F. The Hall–Kier alpha value is -0.600. The van der Waals surface area contributed by atoms with Crippen molar-refractivity contribution < 1.29 is 21.6 Å². The summed E-state index contributed by atoms with van der Waals surface area (Å²) in [6, 6.07) is 2.68. The minimum absolute atomic E-state index is 0.0520. The molecule has 0 spiro atoms. The first-order valence-electron chi connectivity index (χ1n) is 5.30. The quantitative estimate of drug-likeness (QED) is 0.898. The van der Waals surface area contributed by atoms with Crippen LogP contribution in [0.2, 0.25) is 0 Å². The number of sulfone groups is 1. The highest BCUT2D eigenvalue weighted by atomic mass is 79.9. The van der Waals surface area contributed by atoms with E-state index in [9.17, 15) is 21.6 Å². The Morgan fingerprint density at radius 2 is 1.95 bits per heavy atom. The first-order valence-corrected chi connectivity index (χ1v) is 8.16. The number of benzene rings is 1. The summed E-state index contributed by atoms with van der Waals surface area (Å²) < 4.78 is 60.9. The topological polar surface area (TPSA) is 60.2 Å². The van der Waals surface area contributed by atoms with Gasteiger partial charge in [0.15, 0.2) is 0 Å². The predicted molar refractivity (Wildman–Crippen MR) is 70.4 cm³/mol. The molecule has 1 rings (SSSR count). The molecule has 2 N–H and O–H groups in total. The second-order valence-electron chi connectivity index (χ2n) is 4.25. The van der Waals surface area contributed by atoms with E-state index in [1.807, 2.05) is 0 Å². The maximum atomic E-state index is 12.9. The van der Waals surface area contributed by atoms with Gasteiger partial charge >= 0.3 is 6.18 Å². The molecule has 0 saturated carbocycles. The van der Waals surface area contributed by atoms with Crippen LogP contribution in [0.4, 0.5) is 13.2 Å². The van der Waals surface area contributed by atoms with Gasteiger partial charge in [0.1, 0.15) is 9.84 Å². The van der Waals surface area contributed by atoms with Crippen LogP contribution >= 0.6 is 15.9 Å². The standard InChI is InChI=1S/C11H13BrF3NO2S/c1-19(17,18)5-4-10(16)8-3-2-7(12)6-9(8)11(13,14)15/h2-3,6,10H,4-5,16H2,1H3. The Bertz CT molecular complexity index is 558. The third kappa shape index (κ3) is 5.12. The Balaban J connectivity index is 3.06. The fraction of sp³-hybridized carbons (Fsp3) is 0.455. The molecular formula is C11H13BrF3NO2S. The van der Waals surface area contributed by atoms with Crippen molar-refractivity contribution in [2.45, 2.75) is 18.6 Å². The predicted octanol–water partition coefficient (Wildman–Crippen LogP) is 2.90. The van der Waals surface area contributed by atoms with E-state index in [1.54, 1.807) is 0 Å². The van der Waals surface area contributed by atoms with Crippen molar-refractivity contribution in [1.29, 1.82) is 0 Å². The zero-order valence-electron chi connectivity index (χ0n) is 10.0. The fourth-order valence-electron chi connectivity index (χ4n) is 1.59. The average Bonchev–Trinajstić information content (AvgIpc) is 2.23. The van der Waals surface area contributed by atoms with Crippen LogP contribution in [-0.2, 0) is 16.0 Å². The van der Waals surface area contributed by atoms with Gasteiger partial charge in [0, 0.05) is 16.8 Å². The molecule has 19 heavy (non-hydrogen) atoms. The zero-order chi connectivity index (χ0) is 14.8. The lowest BCUT2D eigenvalue weighted by Gasteiger charge is -2.18. The molecule has 0 aliphatic carbocycles. The number of hydrogen-bond donors (Lipinski definition) is 1. The normalized spacial score (nSPS) is 14.4. The van der Waals surface area contributed by atoms with E-state index in [0.29, 0.717) is 4.47 Å². The molecule has 0 aliphatic heterocycles. The Morgan fingerprint density at radius 3 is 2.42 bits per heavy atom. The summed E-state index contributed by atoms with van der Waals surface area (Å²) >= 11 is 2.97. The van der Waals surface area contributed by atoms with E-state index in [4.69, 9.17) is 5.73 Å². The van der Waals surface area contributed by atoms with Crippen LogP contribution in [-0.4, -0.2) is 20.4 Å². The van der Waals surface area contributed by atoms with Crippen LogP contribution in [0, 0.1) is 0 Å². The van der Waals surface area contributed by atoms with Crippen molar-refractivity contribution in [2.24, 2.45) is 5.73 Å².